The van der Waals surface area contributed by atoms with Crippen molar-refractivity contribution in [2.75, 3.05) is 13.2 Å². The Kier molecular flexibility index (Phi) is 2.73. The molecule has 0 N–H and O–H groups in total. The lowest BCUT2D eigenvalue weighted by Gasteiger charge is -2.22. The maximum atomic E-state index is 5.44. The lowest BCUT2D eigenvalue weighted by Crippen LogP contribution is -2.26. The van der Waals surface area contributed by atoms with Crippen LogP contribution in [-0.2, 0) is 9.47 Å². The number of allylic oxidation sites excluding steroid dienone is 1. The Hall–Kier alpha value is 0.140. The Morgan fingerprint density at radius 1 is 1.27 bits per heavy atom. The largest absolute Gasteiger partial charge is 0.343 e. The molecule has 1 aliphatic rings. The lowest BCUT2D eigenvalue weighted by atomic mass is 10.2. The Morgan fingerprint density at radius 2 is 1.73 bits per heavy atom. The summed E-state index contributed by atoms with van der Waals surface area (Å²) in [6, 6.07) is 0. The second-order valence-electron chi connectivity index (χ2n) is 2.96. The molecule has 0 aromatic heterocycles. The fourth-order valence-corrected chi connectivity index (χ4v) is 1.32. The van der Waals surface area contributed by atoms with Gasteiger partial charge < -0.3 is 9.47 Å². The van der Waals surface area contributed by atoms with Crippen molar-refractivity contribution < 1.29 is 9.47 Å². The maximum absolute atomic E-state index is 5.44. The van der Waals surface area contributed by atoms with Gasteiger partial charge in [0.2, 0.25) is 0 Å². The van der Waals surface area contributed by atoms with Crippen LogP contribution in [-0.4, -0.2) is 19.0 Å². The highest BCUT2D eigenvalue weighted by Gasteiger charge is 2.34. The Morgan fingerprint density at radius 3 is 2.09 bits per heavy atom. The lowest BCUT2D eigenvalue weighted by molar-refractivity contribution is -0.103. The first-order valence-corrected chi connectivity index (χ1v) is 4.47. The summed E-state index contributed by atoms with van der Waals surface area (Å²) in [6.45, 7) is 7.34. The van der Waals surface area contributed by atoms with E-state index in [0.29, 0.717) is 13.2 Å². The second-order valence-corrected chi connectivity index (χ2v) is 3.75. The molecule has 0 bridgehead atoms. The van der Waals surface area contributed by atoms with Crippen molar-refractivity contribution in [2.45, 2.75) is 26.6 Å². The highest BCUT2D eigenvalue weighted by molar-refractivity contribution is 9.11. The molecule has 11 heavy (non-hydrogen) atoms. The number of halogens is 1. The van der Waals surface area contributed by atoms with E-state index in [9.17, 15) is 0 Å². The summed E-state index contributed by atoms with van der Waals surface area (Å²) in [4.78, 5) is 0. The molecule has 0 amide bonds. The van der Waals surface area contributed by atoms with Crippen molar-refractivity contribution in [1.82, 2.24) is 0 Å². The minimum absolute atomic E-state index is 0.529. The van der Waals surface area contributed by atoms with Crippen LogP contribution >= 0.6 is 15.9 Å². The van der Waals surface area contributed by atoms with Crippen LogP contribution in [0.15, 0.2) is 10.1 Å². The fourth-order valence-electron chi connectivity index (χ4n) is 1.10. The third-order valence-electron chi connectivity index (χ3n) is 1.68. The monoisotopic (exact) mass is 220 g/mol. The van der Waals surface area contributed by atoms with Crippen LogP contribution in [0.3, 0.4) is 0 Å². The molecule has 1 aliphatic heterocycles. The number of ether oxygens (including phenoxy) is 2. The van der Waals surface area contributed by atoms with Gasteiger partial charge in [0.05, 0.1) is 17.7 Å². The summed E-state index contributed by atoms with van der Waals surface area (Å²) < 4.78 is 11.9. The molecule has 1 rings (SSSR count). The highest BCUT2D eigenvalue weighted by atomic mass is 79.9. The standard InChI is InChI=1S/C8H13BrO2/c1-6(2)7(9)8(3)10-4-5-11-8/h4-5H2,1-3H3. The van der Waals surface area contributed by atoms with Crippen LogP contribution < -0.4 is 0 Å². The predicted molar refractivity (Wildman–Crippen MR) is 47.6 cm³/mol. The van der Waals surface area contributed by atoms with Gasteiger partial charge in [0.15, 0.2) is 5.79 Å². The number of hydrogen-bond donors (Lipinski definition) is 0. The van der Waals surface area contributed by atoms with Gasteiger partial charge in [-0.05, 0) is 36.7 Å². The quantitative estimate of drug-likeness (QED) is 0.677. The molecule has 2 nitrogen and oxygen atoms in total. The van der Waals surface area contributed by atoms with Crippen LogP contribution in [0.2, 0.25) is 0 Å². The molecular formula is C8H13BrO2. The zero-order chi connectivity index (χ0) is 8.48. The van der Waals surface area contributed by atoms with Gasteiger partial charge in [0.25, 0.3) is 0 Å². The van der Waals surface area contributed by atoms with Gasteiger partial charge in [-0.2, -0.15) is 0 Å². The first kappa shape index (κ1) is 9.23. The zero-order valence-corrected chi connectivity index (χ0v) is 8.69. The summed E-state index contributed by atoms with van der Waals surface area (Å²) in [5.41, 5.74) is 1.19. The summed E-state index contributed by atoms with van der Waals surface area (Å²) >= 11 is 3.45. The van der Waals surface area contributed by atoms with E-state index in [4.69, 9.17) is 9.47 Å². The number of rotatable bonds is 1. The van der Waals surface area contributed by atoms with Crippen LogP contribution in [0.1, 0.15) is 20.8 Å². The minimum Gasteiger partial charge on any atom is -0.343 e. The van der Waals surface area contributed by atoms with Gasteiger partial charge >= 0.3 is 0 Å². The molecule has 3 heteroatoms. The average molecular weight is 221 g/mol. The number of hydrogen-bond acceptors (Lipinski definition) is 2. The predicted octanol–water partition coefficient (Wildman–Crippen LogP) is 2.44. The molecule has 1 fully saturated rings. The van der Waals surface area contributed by atoms with Crippen molar-refractivity contribution in [3.63, 3.8) is 0 Å². The minimum atomic E-state index is -0.529. The molecule has 0 unspecified atom stereocenters. The first-order chi connectivity index (χ1) is 5.06. The van der Waals surface area contributed by atoms with E-state index in [1.807, 2.05) is 20.8 Å². The van der Waals surface area contributed by atoms with Crippen molar-refractivity contribution >= 4 is 15.9 Å². The smallest absolute Gasteiger partial charge is 0.198 e. The van der Waals surface area contributed by atoms with E-state index >= 15 is 0 Å². The van der Waals surface area contributed by atoms with Gasteiger partial charge in [0.1, 0.15) is 0 Å². The van der Waals surface area contributed by atoms with Gasteiger partial charge in [-0.3, -0.25) is 0 Å². The van der Waals surface area contributed by atoms with Crippen molar-refractivity contribution in [3.05, 3.63) is 10.1 Å². The van der Waals surface area contributed by atoms with Gasteiger partial charge in [0, 0.05) is 0 Å². The molecule has 0 spiro atoms. The summed E-state index contributed by atoms with van der Waals surface area (Å²) in [7, 11) is 0. The molecule has 0 saturated carbocycles. The Labute approximate surface area is 75.7 Å². The molecular weight excluding hydrogens is 208 g/mol. The van der Waals surface area contributed by atoms with E-state index in [2.05, 4.69) is 15.9 Å². The molecule has 64 valence electrons. The highest BCUT2D eigenvalue weighted by Crippen LogP contribution is 2.33. The summed E-state index contributed by atoms with van der Waals surface area (Å²) in [5, 5.41) is 0. The third-order valence-corrected chi connectivity index (χ3v) is 3.19. The molecule has 0 atom stereocenters. The summed E-state index contributed by atoms with van der Waals surface area (Å²) in [5.74, 6) is -0.529. The van der Waals surface area contributed by atoms with E-state index in [0.717, 1.165) is 4.48 Å². The fraction of sp³-hybridized carbons (Fsp3) is 0.750. The van der Waals surface area contributed by atoms with Crippen LogP contribution in [0.25, 0.3) is 0 Å². The maximum Gasteiger partial charge on any atom is 0.198 e. The van der Waals surface area contributed by atoms with Crippen LogP contribution in [0, 0.1) is 0 Å². The third kappa shape index (κ3) is 1.83. The van der Waals surface area contributed by atoms with E-state index < -0.39 is 5.79 Å². The summed E-state index contributed by atoms with van der Waals surface area (Å²) in [6.07, 6.45) is 0. The molecule has 1 heterocycles. The molecule has 0 aromatic rings. The molecule has 0 radical (unpaired) electrons. The van der Waals surface area contributed by atoms with Gasteiger partial charge in [-0.15, -0.1) is 0 Å². The molecule has 0 aliphatic carbocycles. The average Bonchev–Trinajstić information content (AvgIpc) is 2.35. The van der Waals surface area contributed by atoms with E-state index in [1.54, 1.807) is 0 Å². The van der Waals surface area contributed by atoms with Crippen molar-refractivity contribution in [2.24, 2.45) is 0 Å². The normalized spacial score (nSPS) is 21.8. The van der Waals surface area contributed by atoms with E-state index in [-0.39, 0.29) is 0 Å². The van der Waals surface area contributed by atoms with E-state index in [1.165, 1.54) is 5.57 Å². The van der Waals surface area contributed by atoms with Crippen LogP contribution in [0.4, 0.5) is 0 Å². The first-order valence-electron chi connectivity index (χ1n) is 3.67. The Balaban J connectivity index is 2.80. The molecule has 1 saturated heterocycles. The van der Waals surface area contributed by atoms with Crippen molar-refractivity contribution in [1.29, 1.82) is 0 Å². The SMILES string of the molecule is CC(C)=C(Br)C1(C)OCCO1. The van der Waals surface area contributed by atoms with Crippen molar-refractivity contribution in [3.8, 4) is 0 Å². The molecule has 0 aromatic carbocycles. The topological polar surface area (TPSA) is 18.5 Å². The van der Waals surface area contributed by atoms with Gasteiger partial charge in [-0.25, -0.2) is 0 Å². The van der Waals surface area contributed by atoms with Crippen LogP contribution in [0.5, 0.6) is 0 Å². The second kappa shape index (κ2) is 3.25. The Bertz CT molecular complexity index is 177. The zero-order valence-electron chi connectivity index (χ0n) is 7.11. The van der Waals surface area contributed by atoms with Gasteiger partial charge in [-0.1, -0.05) is 5.57 Å².